The molecule has 1 fully saturated rings. The lowest BCUT2D eigenvalue weighted by Crippen LogP contribution is -1.99. The Balaban J connectivity index is 1.94. The minimum Gasteiger partial charge on any atom is -0.384 e. The van der Waals surface area contributed by atoms with Crippen LogP contribution in [0.1, 0.15) is 25.7 Å². The van der Waals surface area contributed by atoms with Gasteiger partial charge in [0.15, 0.2) is 5.16 Å². The van der Waals surface area contributed by atoms with E-state index in [2.05, 4.69) is 9.97 Å². The summed E-state index contributed by atoms with van der Waals surface area (Å²) < 4.78 is 0. The van der Waals surface area contributed by atoms with E-state index in [1.54, 1.807) is 0 Å². The monoisotopic (exact) mass is 255 g/mol. The normalized spacial score (nSPS) is 16.8. The average Bonchev–Trinajstić information content (AvgIpc) is 2.78. The second-order valence-corrected chi connectivity index (χ2v) is 5.89. The van der Waals surface area contributed by atoms with E-state index in [1.165, 1.54) is 43.2 Å². The molecule has 0 atom stereocenters. The third-order valence-corrected chi connectivity index (χ3v) is 4.52. The summed E-state index contributed by atoms with van der Waals surface area (Å²) in [5.74, 6) is 2.62. The lowest BCUT2D eigenvalue weighted by Gasteiger charge is -2.08. The molecule has 0 saturated heterocycles. The van der Waals surface area contributed by atoms with Crippen molar-refractivity contribution in [2.45, 2.75) is 35.9 Å². The van der Waals surface area contributed by atoms with Crippen LogP contribution in [0.25, 0.3) is 0 Å². The fourth-order valence-electron chi connectivity index (χ4n) is 1.97. The topological polar surface area (TPSA) is 51.8 Å². The number of nitrogens with zero attached hydrogens (tertiary/aromatic N) is 2. The van der Waals surface area contributed by atoms with E-state index < -0.39 is 0 Å². The van der Waals surface area contributed by atoms with Crippen LogP contribution in [0.5, 0.6) is 0 Å². The number of hydrogen-bond acceptors (Lipinski definition) is 5. The molecule has 0 unspecified atom stereocenters. The van der Waals surface area contributed by atoms with Crippen LogP contribution in [0.3, 0.4) is 0 Å². The molecule has 88 valence electrons. The van der Waals surface area contributed by atoms with Gasteiger partial charge >= 0.3 is 0 Å². The van der Waals surface area contributed by atoms with Gasteiger partial charge in [-0.3, -0.25) is 0 Å². The molecule has 0 amide bonds. The van der Waals surface area contributed by atoms with Crippen LogP contribution in [-0.4, -0.2) is 22.0 Å². The first-order valence-electron chi connectivity index (χ1n) is 5.59. The zero-order chi connectivity index (χ0) is 11.4. The quantitative estimate of drug-likeness (QED) is 0.509. The van der Waals surface area contributed by atoms with Gasteiger partial charge in [0.05, 0.1) is 0 Å². The summed E-state index contributed by atoms with van der Waals surface area (Å²) in [6, 6.07) is 1.87. The molecule has 1 aromatic rings. The van der Waals surface area contributed by atoms with Crippen molar-refractivity contribution in [3.8, 4) is 0 Å². The third kappa shape index (κ3) is 3.28. The lowest BCUT2D eigenvalue weighted by molar-refractivity contribution is 0.622. The number of hydrogen-bond donors (Lipinski definition) is 1. The molecule has 1 saturated carbocycles. The predicted molar refractivity (Wildman–Crippen MR) is 70.9 cm³/mol. The van der Waals surface area contributed by atoms with Gasteiger partial charge in [0.2, 0.25) is 0 Å². The highest BCUT2D eigenvalue weighted by Crippen LogP contribution is 2.31. The number of nitrogens with two attached hydrogens (primary N) is 1. The molecule has 0 aliphatic heterocycles. The lowest BCUT2D eigenvalue weighted by atomic mass is 10.1. The second kappa shape index (κ2) is 5.77. The first kappa shape index (κ1) is 12.0. The fraction of sp³-hybridized carbons (Fsp3) is 0.636. The molecule has 1 heterocycles. The minimum absolute atomic E-state index is 0.577. The zero-order valence-electron chi connectivity index (χ0n) is 9.48. The van der Waals surface area contributed by atoms with E-state index in [-0.39, 0.29) is 0 Å². The summed E-state index contributed by atoms with van der Waals surface area (Å²) in [6.07, 6.45) is 7.52. The molecule has 2 rings (SSSR count). The summed E-state index contributed by atoms with van der Waals surface area (Å²) in [4.78, 5) is 8.60. The zero-order valence-corrected chi connectivity index (χ0v) is 11.1. The van der Waals surface area contributed by atoms with Crippen molar-refractivity contribution in [1.82, 2.24) is 9.97 Å². The highest BCUT2D eigenvalue weighted by molar-refractivity contribution is 7.99. The molecule has 0 spiro atoms. The van der Waals surface area contributed by atoms with Crippen LogP contribution in [0, 0.1) is 5.92 Å². The number of nitrogen functional groups attached to an aromatic ring is 1. The molecule has 0 aromatic carbocycles. The van der Waals surface area contributed by atoms with E-state index in [0.29, 0.717) is 5.82 Å². The Hall–Kier alpha value is -0.420. The smallest absolute Gasteiger partial charge is 0.190 e. The summed E-state index contributed by atoms with van der Waals surface area (Å²) >= 11 is 3.36. The number of anilines is 1. The van der Waals surface area contributed by atoms with Crippen LogP contribution in [-0.2, 0) is 0 Å². The fourth-order valence-corrected chi connectivity index (χ4v) is 3.51. The first-order valence-corrected chi connectivity index (χ1v) is 7.80. The molecule has 2 N–H and O–H groups in total. The van der Waals surface area contributed by atoms with Gasteiger partial charge in [0.25, 0.3) is 0 Å². The standard InChI is InChI=1S/C11H17N3S2/c1-15-11-13-9(12)6-10(14-11)16-7-8-4-2-3-5-8/h6,8H,2-5,7H2,1H3,(H2,12,13,14). The highest BCUT2D eigenvalue weighted by Gasteiger charge is 2.15. The van der Waals surface area contributed by atoms with Gasteiger partial charge in [-0.2, -0.15) is 0 Å². The SMILES string of the molecule is CSc1nc(N)cc(SCC2CCCC2)n1. The predicted octanol–water partition coefficient (Wildman–Crippen LogP) is 3.06. The van der Waals surface area contributed by atoms with E-state index in [0.717, 1.165) is 16.1 Å². The van der Waals surface area contributed by atoms with E-state index in [9.17, 15) is 0 Å². The maximum Gasteiger partial charge on any atom is 0.190 e. The van der Waals surface area contributed by atoms with E-state index >= 15 is 0 Å². The van der Waals surface area contributed by atoms with Crippen LogP contribution in [0.2, 0.25) is 0 Å². The summed E-state index contributed by atoms with van der Waals surface area (Å²) in [6.45, 7) is 0. The number of aromatic nitrogens is 2. The molecule has 16 heavy (non-hydrogen) atoms. The van der Waals surface area contributed by atoms with Crippen molar-refractivity contribution >= 4 is 29.3 Å². The number of thioether (sulfide) groups is 2. The van der Waals surface area contributed by atoms with Crippen molar-refractivity contribution in [2.75, 3.05) is 17.7 Å². The van der Waals surface area contributed by atoms with Gasteiger partial charge in [-0.25, -0.2) is 9.97 Å². The maximum absolute atomic E-state index is 5.74. The molecule has 0 radical (unpaired) electrons. The third-order valence-electron chi connectivity index (χ3n) is 2.83. The van der Waals surface area contributed by atoms with E-state index in [1.807, 2.05) is 24.1 Å². The molecule has 1 aromatic heterocycles. The molecule has 1 aliphatic carbocycles. The Labute approximate surface area is 105 Å². The summed E-state index contributed by atoms with van der Waals surface area (Å²) in [7, 11) is 0. The highest BCUT2D eigenvalue weighted by atomic mass is 32.2. The molecule has 1 aliphatic rings. The molecular formula is C11H17N3S2. The average molecular weight is 255 g/mol. The van der Waals surface area contributed by atoms with Gasteiger partial charge in [0.1, 0.15) is 10.8 Å². The van der Waals surface area contributed by atoms with Crippen molar-refractivity contribution in [3.63, 3.8) is 0 Å². The van der Waals surface area contributed by atoms with Crippen LogP contribution in [0.15, 0.2) is 16.2 Å². The Morgan fingerprint density at radius 3 is 2.81 bits per heavy atom. The Morgan fingerprint density at radius 1 is 1.38 bits per heavy atom. The number of rotatable bonds is 4. The van der Waals surface area contributed by atoms with Gasteiger partial charge in [-0.15, -0.1) is 11.8 Å². The van der Waals surface area contributed by atoms with Gasteiger partial charge in [0, 0.05) is 11.8 Å². The second-order valence-electron chi connectivity index (χ2n) is 4.08. The maximum atomic E-state index is 5.74. The molecular weight excluding hydrogens is 238 g/mol. The van der Waals surface area contributed by atoms with Gasteiger partial charge in [-0.1, -0.05) is 24.6 Å². The summed E-state index contributed by atoms with van der Waals surface area (Å²) in [5.41, 5.74) is 5.74. The minimum atomic E-state index is 0.577. The van der Waals surface area contributed by atoms with E-state index in [4.69, 9.17) is 5.73 Å². The van der Waals surface area contributed by atoms with Crippen LogP contribution < -0.4 is 5.73 Å². The molecule has 0 bridgehead atoms. The Bertz CT molecular complexity index is 351. The Morgan fingerprint density at radius 2 is 2.12 bits per heavy atom. The summed E-state index contributed by atoms with van der Waals surface area (Å²) in [5, 5.41) is 1.79. The van der Waals surface area contributed by atoms with Crippen LogP contribution >= 0.6 is 23.5 Å². The van der Waals surface area contributed by atoms with Crippen LogP contribution in [0.4, 0.5) is 5.82 Å². The van der Waals surface area contributed by atoms with Crippen molar-refractivity contribution in [2.24, 2.45) is 5.92 Å². The van der Waals surface area contributed by atoms with Crippen molar-refractivity contribution in [3.05, 3.63) is 6.07 Å². The molecule has 3 nitrogen and oxygen atoms in total. The Kier molecular flexibility index (Phi) is 4.35. The van der Waals surface area contributed by atoms with Crippen molar-refractivity contribution in [1.29, 1.82) is 0 Å². The van der Waals surface area contributed by atoms with Crippen molar-refractivity contribution < 1.29 is 0 Å². The molecule has 5 heteroatoms. The van der Waals surface area contributed by atoms with Gasteiger partial charge < -0.3 is 5.73 Å². The van der Waals surface area contributed by atoms with Gasteiger partial charge in [-0.05, 0) is 25.0 Å². The first-order chi connectivity index (χ1) is 7.78. The largest absolute Gasteiger partial charge is 0.384 e.